The van der Waals surface area contributed by atoms with E-state index >= 15 is 0 Å². The molecule has 1 amide bonds. The number of para-hydroxylation sites is 1. The molecule has 2 heterocycles. The molecule has 2 aromatic carbocycles. The Balaban J connectivity index is 1.69. The lowest BCUT2D eigenvalue weighted by atomic mass is 10.1. The average molecular weight is 434 g/mol. The Morgan fingerprint density at radius 2 is 1.78 bits per heavy atom. The molecule has 4 aromatic rings. The van der Waals surface area contributed by atoms with Crippen LogP contribution in [0.25, 0.3) is 16.7 Å². The van der Waals surface area contributed by atoms with Gasteiger partial charge in [-0.15, -0.1) is 5.10 Å². The van der Waals surface area contributed by atoms with Gasteiger partial charge < -0.3 is 5.32 Å². The summed E-state index contributed by atoms with van der Waals surface area (Å²) in [7, 11) is 0. The molecule has 0 bridgehead atoms. The number of aryl methyl sites for hydroxylation is 2. The zero-order valence-electron chi connectivity index (χ0n) is 18.5. The second-order valence-electron chi connectivity index (χ2n) is 8.49. The fourth-order valence-electron chi connectivity index (χ4n) is 3.66. The summed E-state index contributed by atoms with van der Waals surface area (Å²) in [4.78, 5) is 38.8. The van der Waals surface area contributed by atoms with Crippen LogP contribution >= 0.6 is 0 Å². The van der Waals surface area contributed by atoms with E-state index in [1.54, 1.807) is 24.3 Å². The van der Waals surface area contributed by atoms with Gasteiger partial charge in [0.05, 0.1) is 10.9 Å². The molecule has 1 N–H and O–H groups in total. The summed E-state index contributed by atoms with van der Waals surface area (Å²) < 4.78 is 4.08. The van der Waals surface area contributed by atoms with Crippen LogP contribution < -0.4 is 16.6 Å². The zero-order chi connectivity index (χ0) is 22.8. The molecule has 4 rings (SSSR count). The molecule has 8 nitrogen and oxygen atoms in total. The van der Waals surface area contributed by atoms with Crippen LogP contribution in [0.5, 0.6) is 0 Å². The molecule has 2 aromatic heterocycles. The van der Waals surface area contributed by atoms with Crippen molar-refractivity contribution in [2.45, 2.75) is 46.8 Å². The maximum absolute atomic E-state index is 13.2. The van der Waals surface area contributed by atoms with Crippen LogP contribution in [-0.2, 0) is 24.4 Å². The van der Waals surface area contributed by atoms with Gasteiger partial charge in [-0.1, -0.05) is 55.8 Å². The summed E-state index contributed by atoms with van der Waals surface area (Å²) in [5, 5.41) is 7.66. The number of aromatic nitrogens is 4. The molecule has 32 heavy (non-hydrogen) atoms. The first-order valence-electron chi connectivity index (χ1n) is 10.8. The SMILES string of the molecule is Cc1ccc(CNC(=O)Cn2nc3n(CCC(C)C)c(=O)c4ccccc4n3c2=O)cc1. The van der Waals surface area contributed by atoms with E-state index in [0.717, 1.165) is 22.2 Å². The van der Waals surface area contributed by atoms with Crippen molar-refractivity contribution in [3.8, 4) is 0 Å². The topological polar surface area (TPSA) is 90.4 Å². The van der Waals surface area contributed by atoms with Gasteiger partial charge in [0, 0.05) is 13.1 Å². The number of carbonyl (C=O) groups excluding carboxylic acids is 1. The normalized spacial score (nSPS) is 11.5. The minimum absolute atomic E-state index is 0.185. The van der Waals surface area contributed by atoms with Gasteiger partial charge in [0.2, 0.25) is 11.7 Å². The first-order valence-corrected chi connectivity index (χ1v) is 10.8. The highest BCUT2D eigenvalue weighted by molar-refractivity contribution is 5.80. The Morgan fingerprint density at radius 3 is 2.50 bits per heavy atom. The summed E-state index contributed by atoms with van der Waals surface area (Å²) in [6.07, 6.45) is 0.770. The second-order valence-corrected chi connectivity index (χ2v) is 8.49. The Bertz CT molecular complexity index is 1390. The van der Waals surface area contributed by atoms with Crippen LogP contribution in [0.4, 0.5) is 0 Å². The number of fused-ring (bicyclic) bond motifs is 3. The van der Waals surface area contributed by atoms with Gasteiger partial charge in [0.15, 0.2) is 0 Å². The lowest BCUT2D eigenvalue weighted by Crippen LogP contribution is -2.32. The molecular weight excluding hydrogens is 406 g/mol. The van der Waals surface area contributed by atoms with E-state index in [0.29, 0.717) is 29.9 Å². The van der Waals surface area contributed by atoms with E-state index in [1.807, 2.05) is 31.2 Å². The van der Waals surface area contributed by atoms with E-state index < -0.39 is 5.69 Å². The fraction of sp³-hybridized carbons (Fsp3) is 0.333. The second kappa shape index (κ2) is 8.82. The van der Waals surface area contributed by atoms with Crippen molar-refractivity contribution in [1.29, 1.82) is 0 Å². The van der Waals surface area contributed by atoms with Crippen molar-refractivity contribution in [1.82, 2.24) is 24.1 Å². The van der Waals surface area contributed by atoms with Gasteiger partial charge in [-0.2, -0.15) is 0 Å². The first-order chi connectivity index (χ1) is 15.3. The van der Waals surface area contributed by atoms with Crippen LogP contribution in [0, 0.1) is 12.8 Å². The molecule has 0 radical (unpaired) electrons. The number of nitrogens with one attached hydrogen (secondary N) is 1. The summed E-state index contributed by atoms with van der Waals surface area (Å²) in [6, 6.07) is 14.8. The standard InChI is InChI=1S/C24H27N5O3/c1-16(2)12-13-27-22(31)19-6-4-5-7-20(19)29-23(27)26-28(24(29)32)15-21(30)25-14-18-10-8-17(3)9-11-18/h4-11,16H,12-15H2,1-3H3,(H,25,30). The molecule has 166 valence electrons. The van der Waals surface area contributed by atoms with Crippen LogP contribution in [0.3, 0.4) is 0 Å². The van der Waals surface area contributed by atoms with Crippen molar-refractivity contribution < 1.29 is 4.79 Å². The first kappa shape index (κ1) is 21.5. The number of hydrogen-bond donors (Lipinski definition) is 1. The summed E-state index contributed by atoms with van der Waals surface area (Å²) in [5.74, 6) is 0.317. The van der Waals surface area contributed by atoms with Crippen LogP contribution in [0.2, 0.25) is 0 Å². The number of amides is 1. The minimum Gasteiger partial charge on any atom is -0.350 e. The highest BCUT2D eigenvalue weighted by Gasteiger charge is 2.18. The molecule has 0 fully saturated rings. The molecule has 0 aliphatic rings. The van der Waals surface area contributed by atoms with Crippen molar-refractivity contribution in [3.05, 3.63) is 80.5 Å². The van der Waals surface area contributed by atoms with Crippen LogP contribution in [-0.4, -0.2) is 24.7 Å². The van der Waals surface area contributed by atoms with Crippen molar-refractivity contribution in [2.24, 2.45) is 5.92 Å². The highest BCUT2D eigenvalue weighted by atomic mass is 16.2. The maximum Gasteiger partial charge on any atom is 0.352 e. The Kier molecular flexibility index (Phi) is 5.94. The quantitative estimate of drug-likeness (QED) is 0.485. The Hall–Kier alpha value is -3.68. The third kappa shape index (κ3) is 4.21. The van der Waals surface area contributed by atoms with E-state index in [4.69, 9.17) is 0 Å². The maximum atomic E-state index is 13.2. The molecule has 0 aliphatic carbocycles. The van der Waals surface area contributed by atoms with Gasteiger partial charge in [0.1, 0.15) is 6.54 Å². The molecule has 0 unspecified atom stereocenters. The van der Waals surface area contributed by atoms with E-state index in [9.17, 15) is 14.4 Å². The van der Waals surface area contributed by atoms with Crippen molar-refractivity contribution in [3.63, 3.8) is 0 Å². The van der Waals surface area contributed by atoms with Crippen LogP contribution in [0.15, 0.2) is 58.1 Å². The Morgan fingerprint density at radius 1 is 1.06 bits per heavy atom. The molecule has 0 aliphatic heterocycles. The number of rotatable bonds is 7. The largest absolute Gasteiger partial charge is 0.352 e. The molecular formula is C24H27N5O3. The average Bonchev–Trinajstić information content (AvgIpc) is 3.09. The van der Waals surface area contributed by atoms with Gasteiger partial charge in [-0.05, 0) is 37.0 Å². The van der Waals surface area contributed by atoms with Gasteiger partial charge in [0.25, 0.3) is 5.56 Å². The molecule has 8 heteroatoms. The lowest BCUT2D eigenvalue weighted by molar-refractivity contribution is -0.122. The number of carbonyl (C=O) groups is 1. The summed E-state index contributed by atoms with van der Waals surface area (Å²) in [5.41, 5.74) is 1.98. The van der Waals surface area contributed by atoms with E-state index in [1.165, 1.54) is 8.97 Å². The molecule has 0 atom stereocenters. The van der Waals surface area contributed by atoms with E-state index in [2.05, 4.69) is 24.3 Å². The van der Waals surface area contributed by atoms with Gasteiger partial charge >= 0.3 is 5.69 Å². The third-order valence-corrected chi connectivity index (χ3v) is 5.52. The number of hydrogen-bond acceptors (Lipinski definition) is 4. The molecule has 0 saturated heterocycles. The Labute approximate surface area is 185 Å². The lowest BCUT2D eigenvalue weighted by Gasteiger charge is -2.10. The molecule has 0 spiro atoms. The minimum atomic E-state index is -0.444. The van der Waals surface area contributed by atoms with Crippen molar-refractivity contribution >= 4 is 22.6 Å². The van der Waals surface area contributed by atoms with Crippen molar-refractivity contribution in [2.75, 3.05) is 0 Å². The number of nitrogens with zero attached hydrogens (tertiary/aromatic N) is 4. The smallest absolute Gasteiger partial charge is 0.350 e. The van der Waals surface area contributed by atoms with Gasteiger partial charge in [-0.3, -0.25) is 14.2 Å². The summed E-state index contributed by atoms with van der Waals surface area (Å²) >= 11 is 0. The monoisotopic (exact) mass is 433 g/mol. The zero-order valence-corrected chi connectivity index (χ0v) is 18.5. The highest BCUT2D eigenvalue weighted by Crippen LogP contribution is 2.12. The predicted molar refractivity (Wildman–Crippen MR) is 124 cm³/mol. The van der Waals surface area contributed by atoms with Gasteiger partial charge in [-0.25, -0.2) is 13.9 Å². The van der Waals surface area contributed by atoms with E-state index in [-0.39, 0.29) is 23.8 Å². The molecule has 0 saturated carbocycles. The fourth-order valence-corrected chi connectivity index (χ4v) is 3.66. The van der Waals surface area contributed by atoms with Crippen LogP contribution in [0.1, 0.15) is 31.4 Å². The summed E-state index contributed by atoms with van der Waals surface area (Å²) in [6.45, 7) is 6.74. The third-order valence-electron chi connectivity index (χ3n) is 5.52. The number of benzene rings is 2. The predicted octanol–water partition coefficient (Wildman–Crippen LogP) is 2.48.